The highest BCUT2D eigenvalue weighted by atomic mass is 16.5. The third kappa shape index (κ3) is 38.4. The molecule has 11 aliphatic heterocycles. The summed E-state index contributed by atoms with van der Waals surface area (Å²) < 4.78 is 35.6. The van der Waals surface area contributed by atoms with E-state index >= 15 is 0 Å². The van der Waals surface area contributed by atoms with E-state index in [0.29, 0.717) is 86.2 Å². The Bertz CT molecular complexity index is 3710. The Labute approximate surface area is 775 Å². The monoisotopic (exact) mass is 1790 g/mol. The molecule has 11 fully saturated rings. The highest BCUT2D eigenvalue weighted by Crippen LogP contribution is 2.33. The molecule has 0 saturated carbocycles. The highest BCUT2D eigenvalue weighted by molar-refractivity contribution is 5.77. The minimum absolute atomic E-state index is 0.103. The zero-order valence-corrected chi connectivity index (χ0v) is 85.1. The van der Waals surface area contributed by atoms with Crippen molar-refractivity contribution in [3.05, 3.63) is 59.0 Å². The SMILES string of the molecule is CC(C)(C)Cc1cn(C2CCN(C3CCOC3)CC2)nn1.CC(C)(C)Cc1cn(C2CCN(C3CCOCC3)CC2)nn1.CC(C)(C)Cc1cn(C2CCNCC2)nn1.CC(C)(C)N1CCC(OCC(=O)N2CCOCC2)CC1.CN(C1CCN(C(C)(C)C)CC1)C1COC1.CN1CCC(n2cc(CC(C)(C)C)nn2)CC1.[C-]#[N+]CCCNC1CCN(C(C)(C)C)CC1. The number of piperidine rings is 7. The van der Waals surface area contributed by atoms with E-state index in [4.69, 9.17) is 30.3 Å². The molecule has 4 aromatic rings. The molecule has 730 valence electrons. The molecule has 1 atom stereocenters. The molecule has 29 heteroatoms. The summed E-state index contributed by atoms with van der Waals surface area (Å²) in [6.07, 6.45) is 34.0. The van der Waals surface area contributed by atoms with Gasteiger partial charge in [-0.05, 0) is 259 Å². The molecule has 0 radical (unpaired) electrons. The Morgan fingerprint density at radius 2 is 0.797 bits per heavy atom. The first-order valence-electron chi connectivity index (χ1n) is 50.2. The fourth-order valence-corrected chi connectivity index (χ4v) is 19.4. The number of nitrogens with zero attached hydrogens (tertiary/aromatic N) is 21. The Balaban J connectivity index is 0.000000169. The summed E-state index contributed by atoms with van der Waals surface area (Å²) in [5.74, 6) is 0.103. The third-order valence-electron chi connectivity index (χ3n) is 27.4. The van der Waals surface area contributed by atoms with Gasteiger partial charge in [0.1, 0.15) is 6.61 Å². The Hall–Kier alpha value is -5.04. The summed E-state index contributed by atoms with van der Waals surface area (Å²) >= 11 is 0. The number of amides is 1. The fraction of sp³-hybridized carbons (Fsp3) is 0.899. The van der Waals surface area contributed by atoms with E-state index in [1.54, 1.807) is 0 Å². The van der Waals surface area contributed by atoms with Gasteiger partial charge < -0.3 is 53.9 Å². The minimum atomic E-state index is 0.103. The topological polar surface area (TPSA) is 240 Å². The van der Waals surface area contributed by atoms with Crippen LogP contribution in [0.3, 0.4) is 0 Å². The van der Waals surface area contributed by atoms with Crippen molar-refractivity contribution in [3.63, 3.8) is 0 Å². The van der Waals surface area contributed by atoms with Crippen molar-refractivity contribution >= 4 is 5.91 Å². The number of hydrogen-bond acceptors (Lipinski definition) is 23. The number of rotatable bonds is 19. The summed E-state index contributed by atoms with van der Waals surface area (Å²) in [4.78, 5) is 35.0. The number of nitrogens with one attached hydrogen (secondary N) is 2. The molecule has 11 aliphatic rings. The average Bonchev–Trinajstić information content (AvgIpc) is 1.42. The van der Waals surface area contributed by atoms with Crippen LogP contribution in [0.4, 0.5) is 0 Å². The maximum Gasteiger partial charge on any atom is 0.248 e. The number of carbonyl (C=O) groups is 1. The number of likely N-dealkylation sites (N-methyl/N-ethyl adjacent to an activating group) is 1. The molecule has 15 heterocycles. The van der Waals surface area contributed by atoms with E-state index in [1.807, 2.05) is 4.90 Å². The first-order valence-corrected chi connectivity index (χ1v) is 50.2. The van der Waals surface area contributed by atoms with Gasteiger partial charge in [0.25, 0.3) is 0 Å². The van der Waals surface area contributed by atoms with Crippen LogP contribution in [0.25, 0.3) is 4.85 Å². The van der Waals surface area contributed by atoms with Crippen LogP contribution in [0.2, 0.25) is 0 Å². The standard InChI is InChI=1S/C17H30N4O.C16H28N4O.C15H28N2O3.C13H24N4.C13H25N3.C13H26N2O.C12H22N4/c1-17(2,3)12-14-13-21(19-18-14)16-4-8-20(9-5-16)15-6-10-22-11-7-15;1-16(2,3)10-13-11-20(18-17-13)14-4-7-19(8-5-14)15-6-9-21-12-15;1-15(2,3)17-6-4-13(5-7-17)20-12-14(18)16-8-10-19-11-9-16;1-13(2,3)9-11-10-17(15-14-11)12-5-7-16(4)8-6-12;1-13(2,3)16-10-6-12(7-11-16)15-9-5-8-14-4;1-13(2,3)15-7-5-11(6-8-15)14(4)12-9-16-10-12;1-12(2,3)8-10-9-16(15-14-10)11-4-6-13-7-5-11/h13,15-16H,4-12H2,1-3H3;11,14-15H,4-10,12H2,1-3H3;13H,4-12H2,1-3H3;10,12H,5-9H2,1-4H3;12,15H,5-11H2,1-3H3;11-12H,5-10H2,1-4H3;9,11,13H,4-8H2,1-3H3. The zero-order chi connectivity index (χ0) is 92.9. The van der Waals surface area contributed by atoms with Crippen LogP contribution in [0, 0.1) is 28.2 Å². The van der Waals surface area contributed by atoms with Crippen molar-refractivity contribution in [2.75, 3.05) is 191 Å². The molecule has 4 aromatic heterocycles. The maximum atomic E-state index is 12.0. The molecule has 15 rings (SSSR count). The Morgan fingerprint density at radius 3 is 1.17 bits per heavy atom. The fourth-order valence-electron chi connectivity index (χ4n) is 19.4. The van der Waals surface area contributed by atoms with E-state index in [-0.39, 0.29) is 45.8 Å². The van der Waals surface area contributed by atoms with Crippen molar-refractivity contribution in [3.8, 4) is 0 Å². The molecule has 11 saturated heterocycles. The second-order valence-electron chi connectivity index (χ2n) is 46.6. The molecule has 128 heavy (non-hydrogen) atoms. The quantitative estimate of drug-likeness (QED) is 0.0655. The molecular formula is C99H183N23O6. The lowest BCUT2D eigenvalue weighted by molar-refractivity contribution is -0.143. The normalized spacial score (nSPS) is 22.5. The molecule has 0 aromatic carbocycles. The number of carbonyl (C=O) groups excluding carboxylic acids is 1. The predicted octanol–water partition coefficient (Wildman–Crippen LogP) is 13.8. The largest absolute Gasteiger partial charge is 0.381 e. The number of aromatic nitrogens is 12. The van der Waals surface area contributed by atoms with Crippen LogP contribution >= 0.6 is 0 Å². The van der Waals surface area contributed by atoms with E-state index in [2.05, 4.69) is 294 Å². The lowest BCUT2D eigenvalue weighted by atomic mass is 9.91. The Morgan fingerprint density at radius 1 is 0.430 bits per heavy atom. The van der Waals surface area contributed by atoms with E-state index < -0.39 is 0 Å². The van der Waals surface area contributed by atoms with Gasteiger partial charge in [0.05, 0.1) is 92.1 Å². The van der Waals surface area contributed by atoms with Crippen LogP contribution in [0.5, 0.6) is 0 Å². The summed E-state index contributed by atoms with van der Waals surface area (Å²) in [6.45, 7) is 80.5. The summed E-state index contributed by atoms with van der Waals surface area (Å²) in [5.41, 5.74) is 6.48. The maximum absolute atomic E-state index is 12.0. The van der Waals surface area contributed by atoms with E-state index in [1.165, 1.54) is 136 Å². The van der Waals surface area contributed by atoms with Crippen molar-refractivity contribution in [2.24, 2.45) is 21.7 Å². The molecular weight excluding hydrogens is 1610 g/mol. The summed E-state index contributed by atoms with van der Waals surface area (Å²) in [5, 5.41) is 41.5. The lowest BCUT2D eigenvalue weighted by Gasteiger charge is -2.46. The number of likely N-dealkylation sites (tertiary alicyclic amines) is 6. The molecule has 1 unspecified atom stereocenters. The van der Waals surface area contributed by atoms with Crippen molar-refractivity contribution < 1.29 is 28.5 Å². The number of ether oxygens (including phenoxy) is 5. The molecule has 29 nitrogen and oxygen atoms in total. The van der Waals surface area contributed by atoms with Crippen LogP contribution < -0.4 is 10.6 Å². The molecule has 0 bridgehead atoms. The molecule has 0 spiro atoms. The highest BCUT2D eigenvalue weighted by Gasteiger charge is 2.37. The van der Waals surface area contributed by atoms with E-state index in [9.17, 15) is 4.79 Å². The van der Waals surface area contributed by atoms with Crippen LogP contribution in [0.15, 0.2) is 24.8 Å². The van der Waals surface area contributed by atoms with Gasteiger partial charge in [0.2, 0.25) is 12.5 Å². The van der Waals surface area contributed by atoms with Crippen LogP contribution in [-0.4, -0.2) is 349 Å². The van der Waals surface area contributed by atoms with Gasteiger partial charge in [0, 0.05) is 177 Å². The first-order chi connectivity index (χ1) is 60.5. The van der Waals surface area contributed by atoms with Crippen LogP contribution in [-0.2, 0) is 54.2 Å². The summed E-state index contributed by atoms with van der Waals surface area (Å²) in [6, 6.07) is 5.65. The van der Waals surface area contributed by atoms with Gasteiger partial charge in [-0.3, -0.25) is 29.3 Å². The van der Waals surface area contributed by atoms with Crippen molar-refractivity contribution in [1.82, 2.24) is 110 Å². The number of morpholine rings is 1. The predicted molar refractivity (Wildman–Crippen MR) is 515 cm³/mol. The second kappa shape index (κ2) is 51.1. The van der Waals surface area contributed by atoms with Gasteiger partial charge in [-0.25, -0.2) is 25.3 Å². The Kier molecular flexibility index (Phi) is 42.5. The number of hydrogen-bond donors (Lipinski definition) is 2. The van der Waals surface area contributed by atoms with Crippen molar-refractivity contribution in [1.29, 1.82) is 0 Å². The molecule has 0 aliphatic carbocycles. The van der Waals surface area contributed by atoms with Gasteiger partial charge in [-0.15, -0.1) is 20.4 Å². The van der Waals surface area contributed by atoms with Gasteiger partial charge in [-0.1, -0.05) is 104 Å². The molecule has 2 N–H and O–H groups in total. The minimum Gasteiger partial charge on any atom is -0.381 e. The van der Waals surface area contributed by atoms with Gasteiger partial charge >= 0.3 is 0 Å². The van der Waals surface area contributed by atoms with E-state index in [0.717, 1.165) is 178 Å². The lowest BCUT2D eigenvalue weighted by Crippen LogP contribution is -2.56. The average molecular weight is 1790 g/mol. The third-order valence-corrected chi connectivity index (χ3v) is 27.4. The second-order valence-corrected chi connectivity index (χ2v) is 46.6. The smallest absolute Gasteiger partial charge is 0.248 e. The zero-order valence-electron chi connectivity index (χ0n) is 85.1. The van der Waals surface area contributed by atoms with Crippen molar-refractivity contribution in [2.45, 2.75) is 364 Å². The first kappa shape index (κ1) is 107. The van der Waals surface area contributed by atoms with Gasteiger partial charge in [-0.2, -0.15) is 0 Å². The summed E-state index contributed by atoms with van der Waals surface area (Å²) in [7, 11) is 4.45. The van der Waals surface area contributed by atoms with Gasteiger partial charge in [0.15, 0.2) is 0 Å². The van der Waals surface area contributed by atoms with Crippen LogP contribution in [0.1, 0.15) is 308 Å². The molecule has 1 amide bonds.